The van der Waals surface area contributed by atoms with Crippen LogP contribution < -0.4 is 0 Å². The first-order valence-corrected chi connectivity index (χ1v) is 5.88. The van der Waals surface area contributed by atoms with Crippen LogP contribution in [0.4, 0.5) is 0 Å². The van der Waals surface area contributed by atoms with Crippen LogP contribution in [0.3, 0.4) is 0 Å². The topological polar surface area (TPSA) is 17.3 Å². The quantitative estimate of drug-likeness (QED) is 0.665. The largest absolute Gasteiger partial charge is 0.321 e. The maximum absolute atomic E-state index is 4.47. The number of fused-ring (bicyclic) bond motifs is 1. The summed E-state index contributed by atoms with van der Waals surface area (Å²) in [6.45, 7) is 0. The molecule has 2 heteroatoms. The van der Waals surface area contributed by atoms with Crippen LogP contribution in [0.5, 0.6) is 0 Å². The molecule has 3 rings (SSSR count). The number of aryl methyl sites for hydroxylation is 2. The monoisotopic (exact) mass is 222 g/mol. The second-order valence-corrected chi connectivity index (χ2v) is 4.16. The minimum Gasteiger partial charge on any atom is -0.321 e. The van der Waals surface area contributed by atoms with Crippen molar-refractivity contribution in [1.82, 2.24) is 9.38 Å². The lowest BCUT2D eigenvalue weighted by Crippen LogP contribution is -1.97. The second-order valence-electron chi connectivity index (χ2n) is 4.16. The lowest BCUT2D eigenvalue weighted by molar-refractivity contribution is 0.907. The van der Waals surface area contributed by atoms with E-state index in [9.17, 15) is 0 Å². The molecule has 0 bridgehead atoms. The van der Waals surface area contributed by atoms with E-state index in [1.807, 2.05) is 12.4 Å². The van der Waals surface area contributed by atoms with Crippen LogP contribution in [0.1, 0.15) is 11.3 Å². The van der Waals surface area contributed by atoms with Crippen LogP contribution in [-0.2, 0) is 12.8 Å². The standard InChI is InChI=1S/C15H14N2/c1-2-5-13(6-3-1)8-9-14-15-7-4-11-17(15)12-10-16-14/h1-7,10-12H,8-9H2. The van der Waals surface area contributed by atoms with Gasteiger partial charge in [0.15, 0.2) is 0 Å². The maximum atomic E-state index is 4.47. The van der Waals surface area contributed by atoms with E-state index in [0.29, 0.717) is 0 Å². The summed E-state index contributed by atoms with van der Waals surface area (Å²) in [7, 11) is 0. The molecular formula is C15H14N2. The Morgan fingerprint density at radius 3 is 2.65 bits per heavy atom. The summed E-state index contributed by atoms with van der Waals surface area (Å²) in [5, 5.41) is 0. The van der Waals surface area contributed by atoms with Gasteiger partial charge in [-0.2, -0.15) is 0 Å². The molecule has 2 nitrogen and oxygen atoms in total. The average molecular weight is 222 g/mol. The van der Waals surface area contributed by atoms with Crippen LogP contribution >= 0.6 is 0 Å². The third-order valence-electron chi connectivity index (χ3n) is 3.03. The zero-order valence-electron chi connectivity index (χ0n) is 9.58. The van der Waals surface area contributed by atoms with Gasteiger partial charge in [0.05, 0.1) is 11.2 Å². The molecule has 0 aliphatic rings. The fourth-order valence-electron chi connectivity index (χ4n) is 2.13. The fourth-order valence-corrected chi connectivity index (χ4v) is 2.13. The van der Waals surface area contributed by atoms with Crippen molar-refractivity contribution in [3.05, 3.63) is 72.3 Å². The Kier molecular flexibility index (Phi) is 2.62. The summed E-state index contributed by atoms with van der Waals surface area (Å²) in [4.78, 5) is 4.47. The zero-order valence-corrected chi connectivity index (χ0v) is 9.58. The Hall–Kier alpha value is -2.09. The molecule has 0 spiro atoms. The van der Waals surface area contributed by atoms with Crippen molar-refractivity contribution in [3.8, 4) is 0 Å². The Labute approximate surface area is 101 Å². The van der Waals surface area contributed by atoms with Gasteiger partial charge < -0.3 is 4.40 Å². The summed E-state index contributed by atoms with van der Waals surface area (Å²) < 4.78 is 2.12. The van der Waals surface area contributed by atoms with Gasteiger partial charge in [-0.25, -0.2) is 0 Å². The Balaban J connectivity index is 1.84. The van der Waals surface area contributed by atoms with E-state index in [0.717, 1.165) is 12.8 Å². The lowest BCUT2D eigenvalue weighted by Gasteiger charge is -2.04. The van der Waals surface area contributed by atoms with Gasteiger partial charge in [0, 0.05) is 18.6 Å². The van der Waals surface area contributed by atoms with E-state index in [2.05, 4.69) is 58.0 Å². The van der Waals surface area contributed by atoms with Crippen molar-refractivity contribution in [2.24, 2.45) is 0 Å². The first-order valence-electron chi connectivity index (χ1n) is 5.88. The second kappa shape index (κ2) is 4.42. The van der Waals surface area contributed by atoms with E-state index in [1.54, 1.807) is 0 Å². The molecule has 0 aliphatic heterocycles. The molecule has 2 heterocycles. The SMILES string of the molecule is c1ccc(CCc2nccn3cccc23)cc1. The molecule has 84 valence electrons. The van der Waals surface area contributed by atoms with Crippen LogP contribution in [0.15, 0.2) is 61.1 Å². The van der Waals surface area contributed by atoms with Gasteiger partial charge in [0.25, 0.3) is 0 Å². The van der Waals surface area contributed by atoms with Crippen molar-refractivity contribution in [3.63, 3.8) is 0 Å². The Morgan fingerprint density at radius 1 is 0.882 bits per heavy atom. The van der Waals surface area contributed by atoms with Crippen molar-refractivity contribution >= 4 is 5.52 Å². The van der Waals surface area contributed by atoms with E-state index >= 15 is 0 Å². The van der Waals surface area contributed by atoms with Crippen LogP contribution in [-0.4, -0.2) is 9.38 Å². The highest BCUT2D eigenvalue weighted by molar-refractivity contribution is 5.52. The molecule has 0 aliphatic carbocycles. The number of benzene rings is 1. The number of hydrogen-bond donors (Lipinski definition) is 0. The molecule has 17 heavy (non-hydrogen) atoms. The zero-order chi connectivity index (χ0) is 11.5. The van der Waals surface area contributed by atoms with Crippen LogP contribution in [0, 0.1) is 0 Å². The highest BCUT2D eigenvalue weighted by Crippen LogP contribution is 2.12. The average Bonchev–Trinajstić information content (AvgIpc) is 2.86. The summed E-state index contributed by atoms with van der Waals surface area (Å²) in [6.07, 6.45) is 7.94. The molecule has 0 radical (unpaired) electrons. The summed E-state index contributed by atoms with van der Waals surface area (Å²) in [5.74, 6) is 0. The fraction of sp³-hybridized carbons (Fsp3) is 0.133. The molecule has 3 aromatic rings. The van der Waals surface area contributed by atoms with E-state index in [-0.39, 0.29) is 0 Å². The van der Waals surface area contributed by atoms with Gasteiger partial charge in [-0.1, -0.05) is 30.3 Å². The van der Waals surface area contributed by atoms with Gasteiger partial charge in [0.1, 0.15) is 0 Å². The summed E-state index contributed by atoms with van der Waals surface area (Å²) in [6, 6.07) is 14.7. The molecule has 1 aromatic carbocycles. The van der Waals surface area contributed by atoms with Crippen molar-refractivity contribution in [2.45, 2.75) is 12.8 Å². The molecule has 2 aromatic heterocycles. The third kappa shape index (κ3) is 2.07. The summed E-state index contributed by atoms with van der Waals surface area (Å²) in [5.41, 5.74) is 3.74. The van der Waals surface area contributed by atoms with Gasteiger partial charge in [-0.05, 0) is 30.5 Å². The predicted octanol–water partition coefficient (Wildman–Crippen LogP) is 3.12. The Bertz CT molecular complexity index is 611. The first kappa shape index (κ1) is 10.1. The molecule has 0 atom stereocenters. The molecule has 0 saturated heterocycles. The van der Waals surface area contributed by atoms with Gasteiger partial charge in [0.2, 0.25) is 0 Å². The van der Waals surface area contributed by atoms with Gasteiger partial charge in [-0.3, -0.25) is 4.98 Å². The smallest absolute Gasteiger partial charge is 0.0666 e. The van der Waals surface area contributed by atoms with E-state index in [1.165, 1.54) is 16.8 Å². The highest BCUT2D eigenvalue weighted by atomic mass is 14.9. The highest BCUT2D eigenvalue weighted by Gasteiger charge is 2.02. The first-order chi connectivity index (χ1) is 8.43. The van der Waals surface area contributed by atoms with Crippen LogP contribution in [0.2, 0.25) is 0 Å². The normalized spacial score (nSPS) is 10.8. The lowest BCUT2D eigenvalue weighted by atomic mass is 10.1. The minimum absolute atomic E-state index is 0.984. The van der Waals surface area contributed by atoms with Gasteiger partial charge >= 0.3 is 0 Å². The predicted molar refractivity (Wildman–Crippen MR) is 69.0 cm³/mol. The molecule has 0 unspecified atom stereocenters. The van der Waals surface area contributed by atoms with Crippen LogP contribution in [0.25, 0.3) is 5.52 Å². The third-order valence-corrected chi connectivity index (χ3v) is 3.03. The van der Waals surface area contributed by atoms with Gasteiger partial charge in [-0.15, -0.1) is 0 Å². The number of hydrogen-bond acceptors (Lipinski definition) is 1. The molecule has 0 saturated carbocycles. The summed E-state index contributed by atoms with van der Waals surface area (Å²) >= 11 is 0. The van der Waals surface area contributed by atoms with E-state index < -0.39 is 0 Å². The molecule has 0 amide bonds. The molecule has 0 fully saturated rings. The Morgan fingerprint density at radius 2 is 1.76 bits per heavy atom. The number of aromatic nitrogens is 2. The van der Waals surface area contributed by atoms with Crippen molar-refractivity contribution in [1.29, 1.82) is 0 Å². The molecule has 0 N–H and O–H groups in total. The maximum Gasteiger partial charge on any atom is 0.0666 e. The number of nitrogens with zero attached hydrogens (tertiary/aromatic N) is 2. The minimum atomic E-state index is 0.984. The van der Waals surface area contributed by atoms with Crippen molar-refractivity contribution in [2.75, 3.05) is 0 Å². The van der Waals surface area contributed by atoms with E-state index in [4.69, 9.17) is 0 Å². The van der Waals surface area contributed by atoms with Crippen molar-refractivity contribution < 1.29 is 0 Å². The molecular weight excluding hydrogens is 208 g/mol. The number of rotatable bonds is 3.